The highest BCUT2D eigenvalue weighted by Crippen LogP contribution is 2.13. The Kier molecular flexibility index (Phi) is 14.7. The van der Waals surface area contributed by atoms with Gasteiger partial charge in [-0.1, -0.05) is 56.3 Å². The van der Waals surface area contributed by atoms with E-state index in [1.165, 1.54) is 0 Å². The Morgan fingerprint density at radius 1 is 1.03 bits per heavy atom. The molecule has 0 spiro atoms. The molecule has 3 N–H and O–H groups in total. The third-order valence-corrected chi connectivity index (χ3v) is 7.56. The van der Waals surface area contributed by atoms with Crippen LogP contribution in [0.15, 0.2) is 54.6 Å². The Morgan fingerprint density at radius 3 is 2.39 bits per heavy atom. The molecule has 2 aromatic carbocycles. The molecular formula is C27H41ClN2O5S. The highest BCUT2D eigenvalue weighted by atomic mass is 35.5. The Bertz CT molecular complexity index is 1000. The molecule has 0 bridgehead atoms. The van der Waals surface area contributed by atoms with E-state index < -0.39 is 22.0 Å². The lowest BCUT2D eigenvalue weighted by Crippen LogP contribution is -2.48. The summed E-state index contributed by atoms with van der Waals surface area (Å²) in [4.78, 5) is 12.6. The summed E-state index contributed by atoms with van der Waals surface area (Å²) in [6.45, 7) is 4.83. The second kappa shape index (κ2) is 16.6. The Balaban J connectivity index is 0.00000648. The van der Waals surface area contributed by atoms with Gasteiger partial charge in [-0.2, -0.15) is 0 Å². The fourth-order valence-electron chi connectivity index (χ4n) is 3.69. The van der Waals surface area contributed by atoms with Crippen LogP contribution in [0.4, 0.5) is 0 Å². The standard InChI is InChI=1S/C27H40N2O5S.ClH/c1-21(2)14-16-35(32,33)15-8-13-27(31)29-25(18-22-9-5-4-6-10-22)26(30)20-28-19-23-11-7-12-24(17-23)34-3;/h4-7,9-12,17,21,25-26,28,30H,8,13-16,18-20H2,1-3H3,(H,29,31);1H/t25-,26+;/m0./s1. The predicted octanol–water partition coefficient (Wildman–Crippen LogP) is 3.54. The maximum absolute atomic E-state index is 12.6. The van der Waals surface area contributed by atoms with E-state index in [4.69, 9.17) is 4.74 Å². The van der Waals surface area contributed by atoms with Gasteiger partial charge in [0.05, 0.1) is 30.8 Å². The molecule has 0 heterocycles. The molecule has 7 nitrogen and oxygen atoms in total. The summed E-state index contributed by atoms with van der Waals surface area (Å²) in [5, 5.41) is 17.0. The molecule has 9 heteroatoms. The normalized spacial score (nSPS) is 13.0. The van der Waals surface area contributed by atoms with Crippen molar-refractivity contribution in [2.45, 2.75) is 58.2 Å². The summed E-state index contributed by atoms with van der Waals surface area (Å²) < 4.78 is 29.6. The summed E-state index contributed by atoms with van der Waals surface area (Å²) in [6, 6.07) is 16.9. The summed E-state index contributed by atoms with van der Waals surface area (Å²) in [7, 11) is -1.54. The number of carbonyl (C=O) groups excluding carboxylic acids is 1. The maximum atomic E-state index is 12.6. The number of aliphatic hydroxyl groups excluding tert-OH is 1. The van der Waals surface area contributed by atoms with E-state index in [0.717, 1.165) is 16.9 Å². The predicted molar refractivity (Wildman–Crippen MR) is 147 cm³/mol. The lowest BCUT2D eigenvalue weighted by molar-refractivity contribution is -0.122. The molecule has 0 aliphatic heterocycles. The van der Waals surface area contributed by atoms with Gasteiger partial charge >= 0.3 is 0 Å². The van der Waals surface area contributed by atoms with E-state index in [2.05, 4.69) is 10.6 Å². The van der Waals surface area contributed by atoms with Crippen molar-refractivity contribution in [3.8, 4) is 5.75 Å². The molecule has 36 heavy (non-hydrogen) atoms. The number of benzene rings is 2. The van der Waals surface area contributed by atoms with E-state index in [9.17, 15) is 18.3 Å². The number of methoxy groups -OCH3 is 1. The average molecular weight is 541 g/mol. The van der Waals surface area contributed by atoms with E-state index >= 15 is 0 Å². The van der Waals surface area contributed by atoms with Crippen molar-refractivity contribution in [1.29, 1.82) is 0 Å². The third kappa shape index (κ3) is 12.7. The number of aliphatic hydroxyl groups is 1. The number of halogens is 1. The van der Waals surface area contributed by atoms with Crippen LogP contribution >= 0.6 is 12.4 Å². The summed E-state index contributed by atoms with van der Waals surface area (Å²) in [5.41, 5.74) is 2.03. The van der Waals surface area contributed by atoms with Crippen LogP contribution in [0.1, 0.15) is 44.2 Å². The zero-order valence-corrected chi connectivity index (χ0v) is 23.1. The van der Waals surface area contributed by atoms with Gasteiger partial charge in [0.15, 0.2) is 0 Å². The topological polar surface area (TPSA) is 105 Å². The van der Waals surface area contributed by atoms with Gasteiger partial charge in [0.2, 0.25) is 5.91 Å². The Hall–Kier alpha value is -2.13. The number of ether oxygens (including phenoxy) is 1. The van der Waals surface area contributed by atoms with Crippen molar-refractivity contribution in [3.63, 3.8) is 0 Å². The van der Waals surface area contributed by atoms with Crippen molar-refractivity contribution in [3.05, 3.63) is 65.7 Å². The number of hydrogen-bond acceptors (Lipinski definition) is 6. The van der Waals surface area contributed by atoms with Crippen LogP contribution in [0.5, 0.6) is 5.75 Å². The lowest BCUT2D eigenvalue weighted by atomic mass is 10.0. The van der Waals surface area contributed by atoms with Crippen LogP contribution in [0.2, 0.25) is 0 Å². The van der Waals surface area contributed by atoms with Crippen LogP contribution in [-0.2, 0) is 27.6 Å². The first kappa shape index (κ1) is 31.9. The first-order chi connectivity index (χ1) is 16.7. The molecular weight excluding hydrogens is 500 g/mol. The Labute approximate surface area is 222 Å². The monoisotopic (exact) mass is 540 g/mol. The second-order valence-electron chi connectivity index (χ2n) is 9.35. The van der Waals surface area contributed by atoms with E-state index in [1.54, 1.807) is 7.11 Å². The molecule has 0 radical (unpaired) electrons. The molecule has 1 amide bonds. The van der Waals surface area contributed by atoms with Crippen LogP contribution in [0, 0.1) is 5.92 Å². The summed E-state index contributed by atoms with van der Waals surface area (Å²) in [6.07, 6.45) is 0.661. The molecule has 0 saturated heterocycles. The first-order valence-electron chi connectivity index (χ1n) is 12.2. The van der Waals surface area contributed by atoms with Crippen molar-refractivity contribution < 1.29 is 23.1 Å². The number of sulfone groups is 1. The number of amides is 1. The summed E-state index contributed by atoms with van der Waals surface area (Å²) in [5.74, 6) is 0.995. The zero-order valence-electron chi connectivity index (χ0n) is 21.5. The van der Waals surface area contributed by atoms with Crippen molar-refractivity contribution in [2.24, 2.45) is 5.92 Å². The molecule has 0 unspecified atom stereocenters. The molecule has 0 fully saturated rings. The number of nitrogens with one attached hydrogen (secondary N) is 2. The molecule has 0 aromatic heterocycles. The fourth-order valence-corrected chi connectivity index (χ4v) is 5.31. The lowest BCUT2D eigenvalue weighted by Gasteiger charge is -2.25. The van der Waals surface area contributed by atoms with Crippen LogP contribution in [0.3, 0.4) is 0 Å². The summed E-state index contributed by atoms with van der Waals surface area (Å²) >= 11 is 0. The minimum absolute atomic E-state index is 0. The molecule has 0 aliphatic rings. The van der Waals surface area contributed by atoms with Crippen LogP contribution in [0.25, 0.3) is 0 Å². The zero-order chi connectivity index (χ0) is 25.7. The van der Waals surface area contributed by atoms with E-state index in [1.807, 2.05) is 68.4 Å². The molecule has 0 saturated carbocycles. The van der Waals surface area contributed by atoms with E-state index in [-0.39, 0.29) is 42.7 Å². The van der Waals surface area contributed by atoms with Gasteiger partial charge < -0.3 is 20.5 Å². The van der Waals surface area contributed by atoms with Crippen molar-refractivity contribution in [2.75, 3.05) is 25.2 Å². The number of rotatable bonds is 16. The van der Waals surface area contributed by atoms with Crippen molar-refractivity contribution >= 4 is 28.2 Å². The van der Waals surface area contributed by atoms with Crippen molar-refractivity contribution in [1.82, 2.24) is 10.6 Å². The second-order valence-corrected chi connectivity index (χ2v) is 11.7. The van der Waals surface area contributed by atoms with Crippen LogP contribution < -0.4 is 15.4 Å². The molecule has 2 rings (SSSR count). The molecule has 2 atom stereocenters. The van der Waals surface area contributed by atoms with Gasteiger partial charge in [0.25, 0.3) is 0 Å². The molecule has 0 aliphatic carbocycles. The quantitative estimate of drug-likeness (QED) is 0.301. The highest BCUT2D eigenvalue weighted by molar-refractivity contribution is 7.91. The SMILES string of the molecule is COc1cccc(CNC[C@@H](O)[C@H](Cc2ccccc2)NC(=O)CCCS(=O)(=O)CCC(C)C)c1.Cl. The minimum Gasteiger partial charge on any atom is -0.497 e. The van der Waals surface area contributed by atoms with Gasteiger partial charge in [0, 0.05) is 19.5 Å². The van der Waals surface area contributed by atoms with Crippen LogP contribution in [-0.4, -0.2) is 56.7 Å². The van der Waals surface area contributed by atoms with E-state index in [0.29, 0.717) is 31.8 Å². The highest BCUT2D eigenvalue weighted by Gasteiger charge is 2.22. The molecule has 2 aromatic rings. The fraction of sp³-hybridized carbons (Fsp3) is 0.519. The first-order valence-corrected chi connectivity index (χ1v) is 14.1. The number of hydrogen-bond donors (Lipinski definition) is 3. The molecule has 202 valence electrons. The Morgan fingerprint density at radius 2 is 1.72 bits per heavy atom. The minimum atomic E-state index is -3.16. The van der Waals surface area contributed by atoms with Gasteiger partial charge in [0.1, 0.15) is 15.6 Å². The van der Waals surface area contributed by atoms with Gasteiger partial charge in [-0.3, -0.25) is 4.79 Å². The smallest absolute Gasteiger partial charge is 0.220 e. The van der Waals surface area contributed by atoms with Gasteiger partial charge in [-0.05, 0) is 48.4 Å². The maximum Gasteiger partial charge on any atom is 0.220 e. The van der Waals surface area contributed by atoms with Gasteiger partial charge in [-0.25, -0.2) is 8.42 Å². The van der Waals surface area contributed by atoms with Gasteiger partial charge in [-0.15, -0.1) is 12.4 Å². The number of carbonyl (C=O) groups is 1. The third-order valence-electron chi connectivity index (χ3n) is 5.79. The average Bonchev–Trinajstić information content (AvgIpc) is 2.83. The largest absolute Gasteiger partial charge is 0.497 e.